The van der Waals surface area contributed by atoms with E-state index < -0.39 is 6.10 Å². The van der Waals surface area contributed by atoms with Gasteiger partial charge in [-0.25, -0.2) is 0 Å². The first-order valence-corrected chi connectivity index (χ1v) is 8.51. The molecule has 0 rings (SSSR count). The monoisotopic (exact) mass is 317 g/mol. The fraction of sp³-hybridized carbons (Fsp3) is 0.800. The van der Waals surface area contributed by atoms with E-state index in [1.807, 2.05) is 6.92 Å². The van der Waals surface area contributed by atoms with E-state index in [1.54, 1.807) is 11.9 Å². The van der Waals surface area contributed by atoms with Crippen LogP contribution in [0.1, 0.15) is 52.9 Å². The summed E-state index contributed by atoms with van der Waals surface area (Å²) < 4.78 is 3.28. The minimum absolute atomic E-state index is 0.0427. The topological polar surface area (TPSA) is 87.4 Å². The van der Waals surface area contributed by atoms with Gasteiger partial charge in [-0.3, -0.25) is 9.52 Å². The summed E-state index contributed by atoms with van der Waals surface area (Å²) in [6, 6.07) is 0.0427. The first-order chi connectivity index (χ1) is 9.82. The zero-order valence-corrected chi connectivity index (χ0v) is 14.3. The maximum absolute atomic E-state index is 11.7. The molecule has 6 heteroatoms. The van der Waals surface area contributed by atoms with E-state index >= 15 is 0 Å². The Labute approximate surface area is 133 Å². The lowest BCUT2D eigenvalue weighted by Crippen LogP contribution is -2.33. The summed E-state index contributed by atoms with van der Waals surface area (Å²) in [5.74, 6) is 0.0695. The Kier molecular flexibility index (Phi) is 11.5. The second-order valence-electron chi connectivity index (χ2n) is 5.65. The minimum Gasteiger partial charge on any atom is -0.400 e. The lowest BCUT2D eigenvalue weighted by atomic mass is 10.1. The van der Waals surface area contributed by atoms with Gasteiger partial charge in [0.1, 0.15) is 0 Å². The molecular weight excluding hydrogens is 286 g/mol. The minimum atomic E-state index is -0.686. The number of carbonyl (C=O) groups is 1. The van der Waals surface area contributed by atoms with Crippen molar-refractivity contribution in [2.24, 2.45) is 5.73 Å². The second-order valence-corrected chi connectivity index (χ2v) is 7.12. The molecule has 0 aromatic rings. The van der Waals surface area contributed by atoms with Gasteiger partial charge < -0.3 is 16.2 Å². The summed E-state index contributed by atoms with van der Waals surface area (Å²) in [5, 5.41) is 13.0. The van der Waals surface area contributed by atoms with E-state index in [0.29, 0.717) is 24.5 Å². The molecule has 0 bridgehead atoms. The van der Waals surface area contributed by atoms with Crippen molar-refractivity contribution in [1.82, 2.24) is 10.0 Å². The molecule has 0 aliphatic heterocycles. The Morgan fingerprint density at radius 1 is 1.29 bits per heavy atom. The van der Waals surface area contributed by atoms with Crippen LogP contribution in [-0.4, -0.2) is 35.0 Å². The Hall–Kier alpha value is -0.720. The van der Waals surface area contributed by atoms with E-state index in [2.05, 4.69) is 30.5 Å². The van der Waals surface area contributed by atoms with Crippen molar-refractivity contribution in [3.05, 3.63) is 12.3 Å². The summed E-state index contributed by atoms with van der Waals surface area (Å²) in [7, 11) is 0. The molecule has 2 unspecified atom stereocenters. The fourth-order valence-corrected chi connectivity index (χ4v) is 2.32. The molecule has 0 saturated heterocycles. The summed E-state index contributed by atoms with van der Waals surface area (Å²) in [6.07, 6.45) is 2.95. The van der Waals surface area contributed by atoms with Crippen LogP contribution in [0.2, 0.25) is 0 Å². The quantitative estimate of drug-likeness (QED) is 0.326. The average molecular weight is 317 g/mol. The molecule has 0 fully saturated rings. The van der Waals surface area contributed by atoms with E-state index in [1.165, 1.54) is 0 Å². The third kappa shape index (κ3) is 12.7. The fourth-order valence-electron chi connectivity index (χ4n) is 1.72. The zero-order chi connectivity index (χ0) is 16.3. The van der Waals surface area contributed by atoms with E-state index in [9.17, 15) is 9.90 Å². The van der Waals surface area contributed by atoms with Gasteiger partial charge in [0.25, 0.3) is 0 Å². The number of aliphatic hydroxyl groups excluding tert-OH is 1. The molecule has 0 aromatic carbocycles. The molecule has 0 aliphatic carbocycles. The maximum Gasteiger partial charge on any atom is 0.220 e. The molecule has 0 spiro atoms. The summed E-state index contributed by atoms with van der Waals surface area (Å²) in [6.45, 7) is 10.6. The van der Waals surface area contributed by atoms with E-state index in [4.69, 9.17) is 5.73 Å². The van der Waals surface area contributed by atoms with Gasteiger partial charge in [0.05, 0.1) is 6.10 Å². The molecule has 0 aromatic heterocycles. The second kappa shape index (κ2) is 11.9. The first-order valence-electron chi connectivity index (χ1n) is 7.63. The van der Waals surface area contributed by atoms with Gasteiger partial charge in [0.2, 0.25) is 5.91 Å². The normalized spacial score (nSPS) is 14.0. The Balaban J connectivity index is 3.58. The number of nitrogens with two attached hydrogens (primary N) is 1. The number of amides is 1. The van der Waals surface area contributed by atoms with Crippen molar-refractivity contribution in [2.75, 3.05) is 6.54 Å². The van der Waals surface area contributed by atoms with Crippen molar-refractivity contribution < 1.29 is 9.90 Å². The van der Waals surface area contributed by atoms with Crippen LogP contribution in [0.3, 0.4) is 0 Å². The molecular formula is C15H31N3O2S. The van der Waals surface area contributed by atoms with Crippen molar-refractivity contribution in [3.8, 4) is 0 Å². The predicted octanol–water partition coefficient (Wildman–Crippen LogP) is 1.92. The summed E-state index contributed by atoms with van der Waals surface area (Å²) >= 11 is 1.72. The molecule has 124 valence electrons. The lowest BCUT2D eigenvalue weighted by Gasteiger charge is -2.16. The number of rotatable bonds is 12. The third-order valence-corrected chi connectivity index (χ3v) is 3.80. The molecule has 2 atom stereocenters. The number of unbranched alkanes of at least 4 members (excludes halogenated alkanes) is 1. The Morgan fingerprint density at radius 3 is 2.52 bits per heavy atom. The van der Waals surface area contributed by atoms with Crippen molar-refractivity contribution in [2.45, 2.75) is 70.3 Å². The van der Waals surface area contributed by atoms with Gasteiger partial charge in [0.15, 0.2) is 0 Å². The predicted molar refractivity (Wildman–Crippen MR) is 90.8 cm³/mol. The SMILES string of the molecule is C=C(N)C(O)CCC(C)NC(=O)CCCCNSC(C)C. The van der Waals surface area contributed by atoms with Crippen LogP contribution in [-0.2, 0) is 4.79 Å². The molecule has 0 radical (unpaired) electrons. The first kappa shape index (κ1) is 20.3. The highest BCUT2D eigenvalue weighted by Gasteiger charge is 2.11. The number of carbonyl (C=O) groups excluding carboxylic acids is 1. The Bertz CT molecular complexity index is 311. The third-order valence-electron chi connectivity index (χ3n) is 2.96. The molecule has 5 N–H and O–H groups in total. The zero-order valence-electron chi connectivity index (χ0n) is 13.5. The van der Waals surface area contributed by atoms with Crippen LogP contribution < -0.4 is 15.8 Å². The van der Waals surface area contributed by atoms with Crippen molar-refractivity contribution >= 4 is 17.9 Å². The molecule has 1 amide bonds. The van der Waals surface area contributed by atoms with E-state index in [0.717, 1.165) is 19.4 Å². The van der Waals surface area contributed by atoms with Gasteiger partial charge in [-0.15, -0.1) is 0 Å². The average Bonchev–Trinajstić information content (AvgIpc) is 2.39. The molecule has 21 heavy (non-hydrogen) atoms. The summed E-state index contributed by atoms with van der Waals surface area (Å²) in [5.41, 5.74) is 5.69. The number of hydrogen-bond acceptors (Lipinski definition) is 5. The van der Waals surface area contributed by atoms with Crippen LogP contribution in [0, 0.1) is 0 Å². The highest BCUT2D eigenvalue weighted by atomic mass is 32.2. The lowest BCUT2D eigenvalue weighted by molar-refractivity contribution is -0.121. The highest BCUT2D eigenvalue weighted by Crippen LogP contribution is 2.06. The van der Waals surface area contributed by atoms with Gasteiger partial charge >= 0.3 is 0 Å². The number of aliphatic hydroxyl groups is 1. The smallest absolute Gasteiger partial charge is 0.220 e. The molecule has 0 heterocycles. The Morgan fingerprint density at radius 2 is 1.95 bits per heavy atom. The van der Waals surface area contributed by atoms with Gasteiger partial charge in [-0.2, -0.15) is 0 Å². The molecule has 0 aliphatic rings. The van der Waals surface area contributed by atoms with Gasteiger partial charge in [-0.05, 0) is 32.6 Å². The van der Waals surface area contributed by atoms with Crippen LogP contribution in [0.4, 0.5) is 0 Å². The van der Waals surface area contributed by atoms with Crippen LogP contribution in [0.5, 0.6) is 0 Å². The van der Waals surface area contributed by atoms with Crippen molar-refractivity contribution in [3.63, 3.8) is 0 Å². The van der Waals surface area contributed by atoms with Gasteiger partial charge in [-0.1, -0.05) is 32.4 Å². The van der Waals surface area contributed by atoms with Crippen molar-refractivity contribution in [1.29, 1.82) is 0 Å². The molecule has 0 saturated carbocycles. The largest absolute Gasteiger partial charge is 0.400 e. The standard InChI is InChI=1S/C15H31N3O2S/c1-11(2)21-17-10-6-5-7-15(20)18-12(3)8-9-14(19)13(4)16/h11-12,14,17,19H,4-10,16H2,1-3H3,(H,18,20). The molecule has 5 nitrogen and oxygen atoms in total. The van der Waals surface area contributed by atoms with E-state index in [-0.39, 0.29) is 17.6 Å². The maximum atomic E-state index is 11.7. The van der Waals surface area contributed by atoms with Crippen LogP contribution >= 0.6 is 11.9 Å². The highest BCUT2D eigenvalue weighted by molar-refractivity contribution is 7.97. The number of hydrogen-bond donors (Lipinski definition) is 4. The van der Waals surface area contributed by atoms with Crippen LogP contribution in [0.15, 0.2) is 12.3 Å². The van der Waals surface area contributed by atoms with Gasteiger partial charge in [0, 0.05) is 30.0 Å². The number of nitrogens with one attached hydrogen (secondary N) is 2. The van der Waals surface area contributed by atoms with Crippen LogP contribution in [0.25, 0.3) is 0 Å². The summed E-state index contributed by atoms with van der Waals surface area (Å²) in [4.78, 5) is 11.7.